The Labute approximate surface area is 121 Å². The number of para-hydroxylation sites is 1. The summed E-state index contributed by atoms with van der Waals surface area (Å²) >= 11 is 0. The van der Waals surface area contributed by atoms with Crippen molar-refractivity contribution in [3.63, 3.8) is 0 Å². The molecule has 3 aromatic rings. The molecule has 5 heteroatoms. The summed E-state index contributed by atoms with van der Waals surface area (Å²) in [4.78, 5) is 11.4. The highest BCUT2D eigenvalue weighted by atomic mass is 16.4. The van der Waals surface area contributed by atoms with Gasteiger partial charge in [0.15, 0.2) is 5.76 Å². The summed E-state index contributed by atoms with van der Waals surface area (Å²) in [6.45, 7) is 2.05. The molecular weight excluding hydrogens is 268 g/mol. The van der Waals surface area contributed by atoms with Crippen molar-refractivity contribution in [2.75, 3.05) is 0 Å². The zero-order valence-electron chi connectivity index (χ0n) is 11.5. The van der Waals surface area contributed by atoms with Crippen LogP contribution in [0.2, 0.25) is 0 Å². The van der Waals surface area contributed by atoms with Gasteiger partial charge >= 0.3 is 5.97 Å². The number of nitrogens with zero attached hydrogens (tertiary/aromatic N) is 2. The Morgan fingerprint density at radius 1 is 1.29 bits per heavy atom. The first-order chi connectivity index (χ1) is 10.2. The minimum atomic E-state index is -1.03. The summed E-state index contributed by atoms with van der Waals surface area (Å²) < 4.78 is 7.01. The van der Waals surface area contributed by atoms with Crippen molar-refractivity contribution >= 4 is 5.97 Å². The van der Waals surface area contributed by atoms with Gasteiger partial charge in [0.2, 0.25) is 0 Å². The maximum Gasteiger partial charge on any atom is 0.339 e. The summed E-state index contributed by atoms with van der Waals surface area (Å²) in [6.07, 6.45) is 3.70. The fourth-order valence-corrected chi connectivity index (χ4v) is 2.35. The van der Waals surface area contributed by atoms with Gasteiger partial charge in [-0.1, -0.05) is 25.1 Å². The van der Waals surface area contributed by atoms with Gasteiger partial charge in [0.05, 0.1) is 18.1 Å². The normalized spacial score (nSPS) is 10.7. The van der Waals surface area contributed by atoms with Crippen LogP contribution in [0.15, 0.2) is 53.3 Å². The number of furan rings is 1. The van der Waals surface area contributed by atoms with Gasteiger partial charge in [-0.25, -0.2) is 9.48 Å². The molecule has 0 aliphatic carbocycles. The number of carboxylic acids is 1. The third-order valence-electron chi connectivity index (χ3n) is 3.35. The largest absolute Gasteiger partial charge is 0.478 e. The van der Waals surface area contributed by atoms with Crippen LogP contribution in [-0.4, -0.2) is 20.9 Å². The highest BCUT2D eigenvalue weighted by molar-refractivity contribution is 5.94. The molecule has 0 unspecified atom stereocenters. The lowest BCUT2D eigenvalue weighted by atomic mass is 10.1. The van der Waals surface area contributed by atoms with Gasteiger partial charge in [-0.05, 0) is 30.2 Å². The standard InChI is InChI=1S/C16H14N2O3/c1-2-11-6-3-4-7-13(11)18-15(14-8-5-9-21-14)12(10-17-18)16(19)20/h3-10H,2H2,1H3,(H,19,20). The molecule has 106 valence electrons. The molecule has 0 radical (unpaired) electrons. The van der Waals surface area contributed by atoms with Crippen molar-refractivity contribution in [2.45, 2.75) is 13.3 Å². The Morgan fingerprint density at radius 3 is 2.76 bits per heavy atom. The average molecular weight is 282 g/mol. The molecule has 0 bridgehead atoms. The number of hydrogen-bond donors (Lipinski definition) is 1. The molecule has 3 rings (SSSR count). The van der Waals surface area contributed by atoms with Crippen LogP contribution >= 0.6 is 0 Å². The lowest BCUT2D eigenvalue weighted by molar-refractivity contribution is 0.0697. The van der Waals surface area contributed by atoms with Crippen molar-refractivity contribution in [2.24, 2.45) is 0 Å². The molecule has 2 heterocycles. The van der Waals surface area contributed by atoms with Crippen LogP contribution in [0, 0.1) is 0 Å². The van der Waals surface area contributed by atoms with E-state index in [1.165, 1.54) is 12.5 Å². The lowest BCUT2D eigenvalue weighted by Crippen LogP contribution is -2.04. The van der Waals surface area contributed by atoms with Crippen LogP contribution < -0.4 is 0 Å². The molecule has 0 atom stereocenters. The lowest BCUT2D eigenvalue weighted by Gasteiger charge is -2.10. The first kappa shape index (κ1) is 13.2. The van der Waals surface area contributed by atoms with E-state index in [1.807, 2.05) is 31.2 Å². The molecule has 2 aromatic heterocycles. The van der Waals surface area contributed by atoms with Crippen LogP contribution in [0.1, 0.15) is 22.8 Å². The SMILES string of the molecule is CCc1ccccc1-n1ncc(C(=O)O)c1-c1ccco1. The van der Waals surface area contributed by atoms with Crippen LogP contribution in [0.5, 0.6) is 0 Å². The Bertz CT molecular complexity index is 773. The highest BCUT2D eigenvalue weighted by Gasteiger charge is 2.22. The van der Waals surface area contributed by atoms with Crippen molar-refractivity contribution < 1.29 is 14.3 Å². The van der Waals surface area contributed by atoms with Crippen LogP contribution in [0.3, 0.4) is 0 Å². The number of benzene rings is 1. The van der Waals surface area contributed by atoms with Crippen LogP contribution in [-0.2, 0) is 6.42 Å². The van der Waals surface area contributed by atoms with Crippen molar-refractivity contribution in [3.05, 3.63) is 60.0 Å². The maximum absolute atomic E-state index is 11.4. The monoisotopic (exact) mass is 282 g/mol. The molecule has 5 nitrogen and oxygen atoms in total. The number of aromatic nitrogens is 2. The first-order valence-electron chi connectivity index (χ1n) is 6.65. The second-order valence-corrected chi connectivity index (χ2v) is 4.58. The zero-order valence-corrected chi connectivity index (χ0v) is 11.5. The molecule has 0 amide bonds. The van der Waals surface area contributed by atoms with Gasteiger partial charge < -0.3 is 9.52 Å². The average Bonchev–Trinajstić information content (AvgIpc) is 3.15. The van der Waals surface area contributed by atoms with E-state index in [4.69, 9.17) is 4.42 Å². The van der Waals surface area contributed by atoms with Crippen LogP contribution in [0.25, 0.3) is 17.1 Å². The molecule has 21 heavy (non-hydrogen) atoms. The first-order valence-corrected chi connectivity index (χ1v) is 6.65. The molecule has 0 saturated carbocycles. The molecule has 1 N–H and O–H groups in total. The third-order valence-corrected chi connectivity index (χ3v) is 3.35. The minimum absolute atomic E-state index is 0.121. The zero-order chi connectivity index (χ0) is 14.8. The van der Waals surface area contributed by atoms with Crippen LogP contribution in [0.4, 0.5) is 0 Å². The van der Waals surface area contributed by atoms with E-state index in [2.05, 4.69) is 5.10 Å². The molecule has 1 aromatic carbocycles. The van der Waals surface area contributed by atoms with Crippen molar-refractivity contribution in [3.8, 4) is 17.1 Å². The second kappa shape index (κ2) is 5.28. The summed E-state index contributed by atoms with van der Waals surface area (Å²) in [5, 5.41) is 13.6. The number of rotatable bonds is 4. The number of hydrogen-bond acceptors (Lipinski definition) is 3. The minimum Gasteiger partial charge on any atom is -0.478 e. The second-order valence-electron chi connectivity index (χ2n) is 4.58. The molecule has 0 spiro atoms. The summed E-state index contributed by atoms with van der Waals surface area (Å²) in [5.41, 5.74) is 2.52. The number of aryl methyl sites for hydroxylation is 1. The van der Waals surface area contributed by atoms with Gasteiger partial charge in [0, 0.05) is 0 Å². The fraction of sp³-hybridized carbons (Fsp3) is 0.125. The summed E-state index contributed by atoms with van der Waals surface area (Å²) in [5.74, 6) is -0.544. The van der Waals surface area contributed by atoms with E-state index in [0.717, 1.165) is 17.7 Å². The molecular formula is C16H14N2O3. The van der Waals surface area contributed by atoms with Crippen molar-refractivity contribution in [1.82, 2.24) is 9.78 Å². The Hall–Kier alpha value is -2.82. The van der Waals surface area contributed by atoms with E-state index in [1.54, 1.807) is 16.8 Å². The van der Waals surface area contributed by atoms with Gasteiger partial charge in [-0.3, -0.25) is 0 Å². The van der Waals surface area contributed by atoms with E-state index >= 15 is 0 Å². The molecule has 0 aliphatic heterocycles. The van der Waals surface area contributed by atoms with Gasteiger partial charge in [0.25, 0.3) is 0 Å². The fourth-order valence-electron chi connectivity index (χ4n) is 2.35. The van der Waals surface area contributed by atoms with Gasteiger partial charge in [-0.2, -0.15) is 5.10 Å². The summed E-state index contributed by atoms with van der Waals surface area (Å²) in [6, 6.07) is 11.2. The highest BCUT2D eigenvalue weighted by Crippen LogP contribution is 2.28. The maximum atomic E-state index is 11.4. The van der Waals surface area contributed by atoms with E-state index in [-0.39, 0.29) is 5.56 Å². The third kappa shape index (κ3) is 2.23. The number of carboxylic acid groups (broad SMARTS) is 1. The Balaban J connectivity index is 2.27. The Kier molecular flexibility index (Phi) is 3.31. The van der Waals surface area contributed by atoms with E-state index < -0.39 is 5.97 Å². The quantitative estimate of drug-likeness (QED) is 0.796. The van der Waals surface area contributed by atoms with Gasteiger partial charge in [-0.15, -0.1) is 0 Å². The van der Waals surface area contributed by atoms with E-state index in [0.29, 0.717) is 11.5 Å². The molecule has 0 saturated heterocycles. The number of aromatic carboxylic acids is 1. The Morgan fingerprint density at radius 2 is 2.10 bits per heavy atom. The molecule has 0 aliphatic rings. The molecule has 0 fully saturated rings. The predicted molar refractivity (Wildman–Crippen MR) is 77.6 cm³/mol. The predicted octanol–water partition coefficient (Wildman–Crippen LogP) is 3.39. The smallest absolute Gasteiger partial charge is 0.339 e. The van der Waals surface area contributed by atoms with E-state index in [9.17, 15) is 9.90 Å². The summed E-state index contributed by atoms with van der Waals surface area (Å²) in [7, 11) is 0. The van der Waals surface area contributed by atoms with Gasteiger partial charge in [0.1, 0.15) is 11.3 Å². The number of carbonyl (C=O) groups is 1. The topological polar surface area (TPSA) is 68.3 Å². The van der Waals surface area contributed by atoms with Crippen molar-refractivity contribution in [1.29, 1.82) is 0 Å².